The van der Waals surface area contributed by atoms with Crippen LogP contribution >= 0.6 is 0 Å². The minimum atomic E-state index is -0.0634. The minimum absolute atomic E-state index is 0.0633. The molecule has 0 aliphatic carbocycles. The summed E-state index contributed by atoms with van der Waals surface area (Å²) in [5.74, 6) is 0.269. The summed E-state index contributed by atoms with van der Waals surface area (Å²) < 4.78 is 0. The van der Waals surface area contributed by atoms with Crippen molar-refractivity contribution in [3.05, 3.63) is 59.4 Å². The number of amides is 1. The van der Waals surface area contributed by atoms with Gasteiger partial charge in [0.25, 0.3) is 5.91 Å². The second-order valence-electron chi connectivity index (χ2n) is 6.43. The van der Waals surface area contributed by atoms with Crippen LogP contribution in [0.5, 0.6) is 0 Å². The van der Waals surface area contributed by atoms with Crippen molar-refractivity contribution in [2.24, 2.45) is 11.7 Å². The van der Waals surface area contributed by atoms with Gasteiger partial charge in [-0.05, 0) is 30.5 Å². The predicted molar refractivity (Wildman–Crippen MR) is 95.1 cm³/mol. The highest BCUT2D eigenvalue weighted by molar-refractivity contribution is 6.09. The molecular formula is C19H25N3O2. The molecule has 2 rings (SSSR count). The Morgan fingerprint density at radius 3 is 2.25 bits per heavy atom. The molecule has 5 heteroatoms. The van der Waals surface area contributed by atoms with E-state index in [0.29, 0.717) is 29.2 Å². The van der Waals surface area contributed by atoms with E-state index in [4.69, 9.17) is 5.73 Å². The predicted octanol–water partition coefficient (Wildman–Crippen LogP) is 2.69. The number of ketones is 1. The molecule has 1 amide bonds. The number of nitrogens with one attached hydrogen (secondary N) is 1. The molecule has 3 N–H and O–H groups in total. The van der Waals surface area contributed by atoms with Gasteiger partial charge in [0, 0.05) is 48.7 Å². The lowest BCUT2D eigenvalue weighted by atomic mass is 10.0. The van der Waals surface area contributed by atoms with Crippen LogP contribution in [0, 0.1) is 5.92 Å². The summed E-state index contributed by atoms with van der Waals surface area (Å²) in [4.78, 5) is 29.2. The Kier molecular flexibility index (Phi) is 5.93. The van der Waals surface area contributed by atoms with Gasteiger partial charge in [-0.15, -0.1) is 0 Å². The summed E-state index contributed by atoms with van der Waals surface area (Å²) in [7, 11) is 1.77. The summed E-state index contributed by atoms with van der Waals surface area (Å²) in [6.45, 7) is 4.77. The van der Waals surface area contributed by atoms with Crippen LogP contribution in [0.1, 0.15) is 46.5 Å². The van der Waals surface area contributed by atoms with E-state index in [0.717, 1.165) is 6.42 Å². The first kappa shape index (κ1) is 17.9. The Hall–Kier alpha value is -2.40. The van der Waals surface area contributed by atoms with Crippen LogP contribution in [0.2, 0.25) is 0 Å². The summed E-state index contributed by atoms with van der Waals surface area (Å²) in [5, 5.41) is 0. The van der Waals surface area contributed by atoms with Crippen LogP contribution in [0.25, 0.3) is 0 Å². The molecule has 1 atom stereocenters. The van der Waals surface area contributed by atoms with Crippen molar-refractivity contribution >= 4 is 11.7 Å². The Morgan fingerprint density at radius 1 is 1.08 bits per heavy atom. The number of benzene rings is 1. The van der Waals surface area contributed by atoms with Crippen molar-refractivity contribution in [1.29, 1.82) is 0 Å². The third-order valence-corrected chi connectivity index (χ3v) is 4.26. The molecule has 0 spiro atoms. The molecule has 0 saturated heterocycles. The van der Waals surface area contributed by atoms with Gasteiger partial charge < -0.3 is 15.6 Å². The van der Waals surface area contributed by atoms with Gasteiger partial charge in [0.05, 0.1) is 0 Å². The van der Waals surface area contributed by atoms with E-state index in [1.807, 2.05) is 0 Å². The molecule has 0 bridgehead atoms. The van der Waals surface area contributed by atoms with Crippen LogP contribution in [0.15, 0.2) is 42.7 Å². The molecule has 128 valence electrons. The number of aromatic nitrogens is 1. The average Bonchev–Trinajstić information content (AvgIpc) is 3.12. The first-order valence-electron chi connectivity index (χ1n) is 8.18. The molecule has 0 radical (unpaired) electrons. The second kappa shape index (κ2) is 7.93. The van der Waals surface area contributed by atoms with E-state index in [1.165, 1.54) is 0 Å². The topological polar surface area (TPSA) is 79.2 Å². The Labute approximate surface area is 142 Å². The molecule has 24 heavy (non-hydrogen) atoms. The van der Waals surface area contributed by atoms with E-state index in [-0.39, 0.29) is 17.7 Å². The molecule has 1 heterocycles. The normalized spacial score (nSPS) is 12.2. The van der Waals surface area contributed by atoms with Gasteiger partial charge in [0.15, 0.2) is 5.78 Å². The van der Waals surface area contributed by atoms with Gasteiger partial charge in [-0.25, -0.2) is 0 Å². The van der Waals surface area contributed by atoms with Crippen molar-refractivity contribution in [1.82, 2.24) is 9.88 Å². The van der Waals surface area contributed by atoms with Crippen molar-refractivity contribution in [3.8, 4) is 0 Å². The number of hydrogen-bond acceptors (Lipinski definition) is 3. The zero-order valence-corrected chi connectivity index (χ0v) is 14.5. The number of carbonyl (C=O) groups excluding carboxylic acids is 2. The molecule has 0 aliphatic heterocycles. The van der Waals surface area contributed by atoms with Crippen LogP contribution in [-0.4, -0.2) is 41.2 Å². The molecule has 2 aromatic rings. The second-order valence-corrected chi connectivity index (χ2v) is 6.43. The SMILES string of the molecule is CC(C)C(N)CCN(C)C(=O)c1ccc(C(=O)c2cc[nH]c2)cc1. The first-order valence-corrected chi connectivity index (χ1v) is 8.18. The zero-order chi connectivity index (χ0) is 17.7. The van der Waals surface area contributed by atoms with Crippen molar-refractivity contribution in [3.63, 3.8) is 0 Å². The first-order chi connectivity index (χ1) is 11.4. The van der Waals surface area contributed by atoms with Crippen LogP contribution < -0.4 is 5.73 Å². The lowest BCUT2D eigenvalue weighted by molar-refractivity contribution is 0.0788. The standard InChI is InChI=1S/C19H25N3O2/c1-13(2)17(20)9-11-22(3)19(24)15-6-4-14(5-7-15)18(23)16-8-10-21-12-16/h4-8,10,12-13,17,21H,9,11,20H2,1-3H3. The molecule has 0 fully saturated rings. The fraction of sp³-hybridized carbons (Fsp3) is 0.368. The number of H-pyrrole nitrogens is 1. The van der Waals surface area contributed by atoms with Gasteiger partial charge in [-0.1, -0.05) is 26.0 Å². The monoisotopic (exact) mass is 327 g/mol. The van der Waals surface area contributed by atoms with Gasteiger partial charge in [0.2, 0.25) is 0 Å². The lowest BCUT2D eigenvalue weighted by Gasteiger charge is -2.21. The summed E-state index contributed by atoms with van der Waals surface area (Å²) in [6, 6.07) is 8.59. The van der Waals surface area contributed by atoms with Crippen molar-refractivity contribution < 1.29 is 9.59 Å². The maximum atomic E-state index is 12.4. The third-order valence-electron chi connectivity index (χ3n) is 4.26. The van der Waals surface area contributed by atoms with Gasteiger partial charge in [-0.2, -0.15) is 0 Å². The van der Waals surface area contributed by atoms with E-state index < -0.39 is 0 Å². The Morgan fingerprint density at radius 2 is 1.71 bits per heavy atom. The van der Waals surface area contributed by atoms with Crippen LogP contribution in [0.3, 0.4) is 0 Å². The average molecular weight is 327 g/mol. The van der Waals surface area contributed by atoms with Crippen molar-refractivity contribution in [2.45, 2.75) is 26.3 Å². The third kappa shape index (κ3) is 4.32. The largest absolute Gasteiger partial charge is 0.367 e. The Balaban J connectivity index is 1.99. The number of carbonyl (C=O) groups is 2. The summed E-state index contributed by atoms with van der Waals surface area (Å²) in [5.41, 5.74) is 7.77. The number of hydrogen-bond donors (Lipinski definition) is 2. The number of rotatable bonds is 7. The van der Waals surface area contributed by atoms with E-state index in [9.17, 15) is 9.59 Å². The van der Waals surface area contributed by atoms with E-state index >= 15 is 0 Å². The van der Waals surface area contributed by atoms with Crippen molar-refractivity contribution in [2.75, 3.05) is 13.6 Å². The molecular weight excluding hydrogens is 302 g/mol. The maximum Gasteiger partial charge on any atom is 0.253 e. The highest BCUT2D eigenvalue weighted by Crippen LogP contribution is 2.12. The molecule has 5 nitrogen and oxygen atoms in total. The molecule has 1 aromatic heterocycles. The lowest BCUT2D eigenvalue weighted by Crippen LogP contribution is -2.34. The zero-order valence-electron chi connectivity index (χ0n) is 14.5. The number of nitrogens with zero attached hydrogens (tertiary/aromatic N) is 1. The maximum absolute atomic E-state index is 12.4. The molecule has 0 saturated carbocycles. The van der Waals surface area contributed by atoms with Crippen LogP contribution in [0.4, 0.5) is 0 Å². The molecule has 1 unspecified atom stereocenters. The van der Waals surface area contributed by atoms with E-state index in [1.54, 1.807) is 54.7 Å². The van der Waals surface area contributed by atoms with Gasteiger partial charge in [-0.3, -0.25) is 9.59 Å². The Bertz CT molecular complexity index is 675. The van der Waals surface area contributed by atoms with Gasteiger partial charge in [0.1, 0.15) is 0 Å². The fourth-order valence-corrected chi connectivity index (χ4v) is 2.39. The quantitative estimate of drug-likeness (QED) is 0.767. The highest BCUT2D eigenvalue weighted by atomic mass is 16.2. The number of aromatic amines is 1. The smallest absolute Gasteiger partial charge is 0.253 e. The minimum Gasteiger partial charge on any atom is -0.367 e. The highest BCUT2D eigenvalue weighted by Gasteiger charge is 2.15. The molecule has 1 aromatic carbocycles. The number of nitrogens with two attached hydrogens (primary N) is 1. The van der Waals surface area contributed by atoms with E-state index in [2.05, 4.69) is 18.8 Å². The summed E-state index contributed by atoms with van der Waals surface area (Å²) >= 11 is 0. The molecule has 0 aliphatic rings. The van der Waals surface area contributed by atoms with Gasteiger partial charge >= 0.3 is 0 Å². The summed E-state index contributed by atoms with van der Waals surface area (Å²) in [6.07, 6.45) is 4.14. The fourth-order valence-electron chi connectivity index (χ4n) is 2.39. The van der Waals surface area contributed by atoms with Crippen LogP contribution in [-0.2, 0) is 0 Å².